The van der Waals surface area contributed by atoms with Crippen LogP contribution in [0.4, 0.5) is 0 Å². The average Bonchev–Trinajstić information content (AvgIpc) is 2.61. The zero-order chi connectivity index (χ0) is 17.4. The van der Waals surface area contributed by atoms with E-state index in [1.54, 1.807) is 4.90 Å². The fourth-order valence-electron chi connectivity index (χ4n) is 3.01. The highest BCUT2D eigenvalue weighted by molar-refractivity contribution is 5.94. The van der Waals surface area contributed by atoms with Crippen LogP contribution in [-0.2, 0) is 9.53 Å². The van der Waals surface area contributed by atoms with E-state index in [1.807, 2.05) is 31.2 Å². The lowest BCUT2D eigenvalue weighted by molar-refractivity contribution is -0.140. The maximum atomic E-state index is 12.8. The van der Waals surface area contributed by atoms with Crippen molar-refractivity contribution in [2.45, 2.75) is 45.4 Å². The van der Waals surface area contributed by atoms with Crippen LogP contribution in [0.1, 0.15) is 54.4 Å². The number of allylic oxidation sites excluding steroid dienone is 1. The summed E-state index contributed by atoms with van der Waals surface area (Å²) in [6.07, 6.45) is 8.19. The molecule has 4 heteroatoms. The van der Waals surface area contributed by atoms with Crippen LogP contribution in [0.3, 0.4) is 0 Å². The number of carbonyl (C=O) groups is 2. The van der Waals surface area contributed by atoms with Gasteiger partial charge >= 0.3 is 5.97 Å². The summed E-state index contributed by atoms with van der Waals surface area (Å²) in [6.45, 7) is 3.02. The molecule has 1 aliphatic carbocycles. The van der Waals surface area contributed by atoms with E-state index >= 15 is 0 Å². The van der Waals surface area contributed by atoms with Gasteiger partial charge in [0, 0.05) is 18.7 Å². The summed E-state index contributed by atoms with van der Waals surface area (Å²) >= 11 is 0. The number of nitrogens with zero attached hydrogens (tertiary/aromatic N) is 1. The van der Waals surface area contributed by atoms with Gasteiger partial charge in [0.15, 0.2) is 0 Å². The Morgan fingerprint density at radius 1 is 1.21 bits per heavy atom. The Morgan fingerprint density at radius 2 is 2.04 bits per heavy atom. The van der Waals surface area contributed by atoms with Crippen molar-refractivity contribution in [1.82, 2.24) is 4.90 Å². The molecule has 0 heterocycles. The molecule has 0 saturated carbocycles. The normalized spacial score (nSPS) is 14.0. The number of carbonyl (C=O) groups excluding carboxylic acids is 2. The lowest BCUT2D eigenvalue weighted by Crippen LogP contribution is -2.34. The number of hydrogen-bond donors (Lipinski definition) is 0. The molecule has 0 aromatic heterocycles. The van der Waals surface area contributed by atoms with Crippen molar-refractivity contribution in [2.24, 2.45) is 0 Å². The van der Waals surface area contributed by atoms with Crippen molar-refractivity contribution >= 4 is 11.9 Å². The highest BCUT2D eigenvalue weighted by Crippen LogP contribution is 2.21. The molecule has 0 aliphatic heterocycles. The first-order chi connectivity index (χ1) is 11.6. The molecule has 130 valence electrons. The van der Waals surface area contributed by atoms with E-state index in [-0.39, 0.29) is 18.3 Å². The number of methoxy groups -OCH3 is 1. The molecule has 0 unspecified atom stereocenters. The van der Waals surface area contributed by atoms with Gasteiger partial charge < -0.3 is 9.64 Å². The SMILES string of the molecule is COC(=O)CCN(CCC1=CCCCC1)C(=O)c1cccc(C)c1. The molecule has 0 bridgehead atoms. The number of hydrogen-bond acceptors (Lipinski definition) is 3. The first kappa shape index (κ1) is 18.2. The van der Waals surface area contributed by atoms with E-state index in [0.717, 1.165) is 24.8 Å². The predicted octanol–water partition coefficient (Wildman–Crippen LogP) is 3.89. The van der Waals surface area contributed by atoms with Gasteiger partial charge in [0.05, 0.1) is 13.5 Å². The van der Waals surface area contributed by atoms with Crippen LogP contribution >= 0.6 is 0 Å². The van der Waals surface area contributed by atoms with E-state index in [1.165, 1.54) is 25.5 Å². The molecule has 0 spiro atoms. The summed E-state index contributed by atoms with van der Waals surface area (Å²) in [5, 5.41) is 0. The Labute approximate surface area is 144 Å². The van der Waals surface area contributed by atoms with Crippen molar-refractivity contribution in [2.75, 3.05) is 20.2 Å². The van der Waals surface area contributed by atoms with E-state index in [0.29, 0.717) is 18.7 Å². The number of rotatable bonds is 7. The molecule has 2 rings (SSSR count). The van der Waals surface area contributed by atoms with Gasteiger partial charge in [0.25, 0.3) is 5.91 Å². The van der Waals surface area contributed by atoms with E-state index in [4.69, 9.17) is 4.74 Å². The van der Waals surface area contributed by atoms with Crippen LogP contribution in [0, 0.1) is 6.92 Å². The third-order valence-electron chi connectivity index (χ3n) is 4.45. The fraction of sp³-hybridized carbons (Fsp3) is 0.500. The summed E-state index contributed by atoms with van der Waals surface area (Å²) in [6, 6.07) is 7.60. The molecule has 1 aromatic carbocycles. The molecule has 0 saturated heterocycles. The van der Waals surface area contributed by atoms with Crippen molar-refractivity contribution in [3.63, 3.8) is 0 Å². The Bertz CT molecular complexity index is 607. The smallest absolute Gasteiger partial charge is 0.307 e. The summed E-state index contributed by atoms with van der Waals surface area (Å²) < 4.78 is 4.71. The minimum absolute atomic E-state index is 0.0148. The summed E-state index contributed by atoms with van der Waals surface area (Å²) in [7, 11) is 1.38. The maximum absolute atomic E-state index is 12.8. The topological polar surface area (TPSA) is 46.6 Å². The minimum atomic E-state index is -0.283. The highest BCUT2D eigenvalue weighted by Gasteiger charge is 2.18. The first-order valence-corrected chi connectivity index (χ1v) is 8.71. The average molecular weight is 329 g/mol. The molecular formula is C20H27NO3. The molecular weight excluding hydrogens is 302 g/mol. The van der Waals surface area contributed by atoms with Gasteiger partial charge in [-0.05, 0) is 51.2 Å². The number of amides is 1. The Kier molecular flexibility index (Phi) is 7.04. The summed E-state index contributed by atoms with van der Waals surface area (Å²) in [4.78, 5) is 26.1. The summed E-state index contributed by atoms with van der Waals surface area (Å²) in [5.41, 5.74) is 3.17. The fourth-order valence-corrected chi connectivity index (χ4v) is 3.01. The summed E-state index contributed by atoms with van der Waals surface area (Å²) in [5.74, 6) is -0.298. The van der Waals surface area contributed by atoms with Crippen LogP contribution < -0.4 is 0 Å². The molecule has 0 fully saturated rings. The second kappa shape index (κ2) is 9.26. The number of esters is 1. The van der Waals surface area contributed by atoms with Crippen LogP contribution in [0.15, 0.2) is 35.9 Å². The third kappa shape index (κ3) is 5.52. The first-order valence-electron chi connectivity index (χ1n) is 8.71. The van der Waals surface area contributed by atoms with E-state index in [2.05, 4.69) is 6.08 Å². The minimum Gasteiger partial charge on any atom is -0.469 e. The van der Waals surface area contributed by atoms with Gasteiger partial charge in [-0.2, -0.15) is 0 Å². The molecule has 24 heavy (non-hydrogen) atoms. The molecule has 1 aromatic rings. The molecule has 0 N–H and O–H groups in total. The highest BCUT2D eigenvalue weighted by atomic mass is 16.5. The molecule has 1 aliphatic rings. The van der Waals surface area contributed by atoms with Crippen molar-refractivity contribution in [1.29, 1.82) is 0 Å². The number of aryl methyl sites for hydroxylation is 1. The molecule has 1 amide bonds. The lowest BCUT2D eigenvalue weighted by Gasteiger charge is -2.24. The van der Waals surface area contributed by atoms with Crippen LogP contribution in [0.25, 0.3) is 0 Å². The Balaban J connectivity index is 2.04. The van der Waals surface area contributed by atoms with Crippen LogP contribution in [0.2, 0.25) is 0 Å². The van der Waals surface area contributed by atoms with Crippen molar-refractivity contribution < 1.29 is 14.3 Å². The molecule has 4 nitrogen and oxygen atoms in total. The second-order valence-corrected chi connectivity index (χ2v) is 6.35. The van der Waals surface area contributed by atoms with Crippen LogP contribution in [0.5, 0.6) is 0 Å². The zero-order valence-electron chi connectivity index (χ0n) is 14.7. The number of benzene rings is 1. The van der Waals surface area contributed by atoms with Gasteiger partial charge in [-0.15, -0.1) is 0 Å². The van der Waals surface area contributed by atoms with Crippen LogP contribution in [-0.4, -0.2) is 37.0 Å². The Morgan fingerprint density at radius 3 is 2.71 bits per heavy atom. The molecule has 0 radical (unpaired) electrons. The third-order valence-corrected chi connectivity index (χ3v) is 4.45. The largest absolute Gasteiger partial charge is 0.469 e. The van der Waals surface area contributed by atoms with Crippen molar-refractivity contribution in [3.05, 3.63) is 47.0 Å². The standard InChI is InChI=1S/C20H27NO3/c1-16-7-6-10-18(15-16)20(23)21(14-12-19(22)24-2)13-11-17-8-4-3-5-9-17/h6-8,10,15H,3-5,9,11-14H2,1-2H3. The van der Waals surface area contributed by atoms with Gasteiger partial charge in [-0.1, -0.05) is 29.3 Å². The van der Waals surface area contributed by atoms with E-state index in [9.17, 15) is 9.59 Å². The monoisotopic (exact) mass is 329 g/mol. The zero-order valence-corrected chi connectivity index (χ0v) is 14.7. The maximum Gasteiger partial charge on any atom is 0.307 e. The van der Waals surface area contributed by atoms with Gasteiger partial charge in [-0.3, -0.25) is 9.59 Å². The second-order valence-electron chi connectivity index (χ2n) is 6.35. The number of ether oxygens (including phenoxy) is 1. The van der Waals surface area contributed by atoms with E-state index < -0.39 is 0 Å². The lowest BCUT2D eigenvalue weighted by atomic mass is 9.97. The Hall–Kier alpha value is -2.10. The van der Waals surface area contributed by atoms with Crippen molar-refractivity contribution in [3.8, 4) is 0 Å². The van der Waals surface area contributed by atoms with Gasteiger partial charge in [-0.25, -0.2) is 0 Å². The molecule has 0 atom stereocenters. The predicted molar refractivity (Wildman–Crippen MR) is 94.9 cm³/mol. The van der Waals surface area contributed by atoms with Gasteiger partial charge in [0.1, 0.15) is 0 Å². The van der Waals surface area contributed by atoms with Gasteiger partial charge in [0.2, 0.25) is 0 Å². The quantitative estimate of drug-likeness (QED) is 0.563.